The highest BCUT2D eigenvalue weighted by molar-refractivity contribution is 7.26. The highest BCUT2D eigenvalue weighted by Gasteiger charge is 2.42. The zero-order valence-electron chi connectivity index (χ0n) is 36.8. The minimum atomic E-state index is -0.348. The van der Waals surface area contributed by atoms with Gasteiger partial charge in [-0.15, -0.1) is 16.8 Å². The molecule has 63 heavy (non-hydrogen) atoms. The number of fused-ring (bicyclic) bond motifs is 6. The summed E-state index contributed by atoms with van der Waals surface area (Å²) in [6.45, 7) is 9.09. The lowest BCUT2D eigenvalue weighted by Crippen LogP contribution is -2.44. The Labute approximate surface area is 376 Å². The van der Waals surface area contributed by atoms with Gasteiger partial charge in [0.2, 0.25) is 0 Å². The Morgan fingerprint density at radius 1 is 0.730 bits per heavy atom. The first-order valence-electron chi connectivity index (χ1n) is 22.2. The maximum Gasteiger partial charge on any atom is 0.145 e. The average molecular weight is 836 g/mol. The van der Waals surface area contributed by atoms with Gasteiger partial charge >= 0.3 is 0 Å². The van der Waals surface area contributed by atoms with Gasteiger partial charge in [0.05, 0.1) is 0 Å². The maximum atomic E-state index is 11.7. The lowest BCUT2D eigenvalue weighted by Gasteiger charge is -2.37. The zero-order valence-corrected chi connectivity index (χ0v) is 37.6. The number of rotatable bonds is 9. The monoisotopic (exact) mass is 835 g/mol. The SMILES string of the molecule is BC1=C(C(C)NC(NC(=N)c2cccc3c2sc2ccccc23)c2ccc(-c3ccccc3)cc2)C(C)=C2Cc3c(C)c(O)c(B)c(-c4cccc(-c5ccccc5)c4)c3C2C1C. The zero-order chi connectivity index (χ0) is 43.5. The first-order valence-corrected chi connectivity index (χ1v) is 23.0. The molecule has 7 aromatic carbocycles. The van der Waals surface area contributed by atoms with Crippen LogP contribution in [0, 0.1) is 18.3 Å². The molecule has 2 aliphatic rings. The number of nitrogens with one attached hydrogen (secondary N) is 3. The Bertz CT molecular complexity index is 3150. The lowest BCUT2D eigenvalue weighted by molar-refractivity contribution is 0.459. The van der Waals surface area contributed by atoms with Crippen molar-refractivity contribution in [3.05, 3.63) is 202 Å². The van der Waals surface area contributed by atoms with E-state index in [9.17, 15) is 10.5 Å². The van der Waals surface area contributed by atoms with Gasteiger partial charge in [0.1, 0.15) is 33.4 Å². The van der Waals surface area contributed by atoms with Crippen LogP contribution in [0.5, 0.6) is 5.75 Å². The lowest BCUT2D eigenvalue weighted by atomic mass is 9.63. The standard InChI is InChI=1S/C56H51B2N3OS/c1-31-44-30-45-32(2)53(62)52(58)49(40-20-13-19-39(29-40)36-17-9-6-10-18-36)50(45)48(44)33(3)51(57)47(31)34(4)60-56(38-27-25-37(26-28-38)35-15-7-5-8-16-35)61-55(59)43-23-14-22-42-41-21-11-12-24-46(41)63-54(42)43/h5-29,33-34,48,56,60,62H,30,57-58H2,1-4H3,(H2,59,61). The smallest absolute Gasteiger partial charge is 0.145 e. The molecule has 308 valence electrons. The summed E-state index contributed by atoms with van der Waals surface area (Å²) in [5.41, 5.74) is 19.0. The molecule has 4 atom stereocenters. The summed E-state index contributed by atoms with van der Waals surface area (Å²) in [6.07, 6.45) is 0.469. The van der Waals surface area contributed by atoms with Crippen molar-refractivity contribution in [1.29, 1.82) is 5.41 Å². The van der Waals surface area contributed by atoms with Crippen LogP contribution in [0.15, 0.2) is 174 Å². The van der Waals surface area contributed by atoms with Gasteiger partial charge in [-0.25, -0.2) is 0 Å². The summed E-state index contributed by atoms with van der Waals surface area (Å²) < 4.78 is 2.35. The van der Waals surface area contributed by atoms with Crippen molar-refractivity contribution < 1.29 is 5.11 Å². The van der Waals surface area contributed by atoms with E-state index in [1.807, 2.05) is 6.07 Å². The van der Waals surface area contributed by atoms with E-state index in [1.54, 1.807) is 11.3 Å². The predicted octanol–water partition coefficient (Wildman–Crippen LogP) is 11.1. The van der Waals surface area contributed by atoms with Gasteiger partial charge in [0.15, 0.2) is 0 Å². The molecule has 8 aromatic rings. The summed E-state index contributed by atoms with van der Waals surface area (Å²) in [5, 5.41) is 31.5. The number of benzene rings is 7. The number of hydrogen-bond acceptors (Lipinski definition) is 4. The van der Waals surface area contributed by atoms with Crippen LogP contribution in [0.25, 0.3) is 53.6 Å². The molecule has 4 N–H and O–H groups in total. The van der Waals surface area contributed by atoms with Crippen LogP contribution in [-0.2, 0) is 6.42 Å². The third kappa shape index (κ3) is 7.04. The minimum Gasteiger partial charge on any atom is -0.508 e. The van der Waals surface area contributed by atoms with Crippen LogP contribution in [-0.4, -0.2) is 32.7 Å². The molecular formula is C56H51B2N3OS. The highest BCUT2D eigenvalue weighted by Crippen LogP contribution is 2.55. The average Bonchev–Trinajstić information content (AvgIpc) is 3.91. The van der Waals surface area contributed by atoms with Gasteiger partial charge in [-0.1, -0.05) is 146 Å². The fraction of sp³-hybridized carbons (Fsp3) is 0.161. The van der Waals surface area contributed by atoms with Crippen LogP contribution >= 0.6 is 11.3 Å². The molecule has 10 rings (SSSR count). The molecule has 0 radical (unpaired) electrons. The second kappa shape index (κ2) is 16.4. The van der Waals surface area contributed by atoms with E-state index >= 15 is 0 Å². The molecule has 4 unspecified atom stereocenters. The van der Waals surface area contributed by atoms with Crippen molar-refractivity contribution in [3.8, 4) is 39.1 Å². The number of phenolic OH excluding ortho intramolecular Hbond substituents is 1. The minimum absolute atomic E-state index is 0.0397. The second-order valence-corrected chi connectivity index (χ2v) is 18.7. The fourth-order valence-electron chi connectivity index (χ4n) is 10.8. The fourth-order valence-corrected chi connectivity index (χ4v) is 12.0. The van der Waals surface area contributed by atoms with Crippen LogP contribution in [0.3, 0.4) is 0 Å². The van der Waals surface area contributed by atoms with E-state index < -0.39 is 0 Å². The van der Waals surface area contributed by atoms with E-state index in [4.69, 9.17) is 0 Å². The molecule has 0 bridgehead atoms. The topological polar surface area (TPSA) is 68.1 Å². The molecular weight excluding hydrogens is 784 g/mol. The Kier molecular flexibility index (Phi) is 10.6. The van der Waals surface area contributed by atoms with Crippen molar-refractivity contribution in [1.82, 2.24) is 10.6 Å². The van der Waals surface area contributed by atoms with Gasteiger partial charge in [-0.05, 0) is 124 Å². The van der Waals surface area contributed by atoms with Crippen LogP contribution in [0.4, 0.5) is 0 Å². The highest BCUT2D eigenvalue weighted by atomic mass is 32.1. The first-order chi connectivity index (χ1) is 30.6. The van der Waals surface area contributed by atoms with Crippen molar-refractivity contribution >= 4 is 58.5 Å². The predicted molar refractivity (Wildman–Crippen MR) is 272 cm³/mol. The number of thiophene rings is 1. The molecule has 1 aromatic heterocycles. The Morgan fingerprint density at radius 3 is 2.06 bits per heavy atom. The van der Waals surface area contributed by atoms with Gasteiger partial charge in [0.25, 0.3) is 0 Å². The molecule has 0 aliphatic heterocycles. The normalized spacial score (nSPS) is 16.9. The van der Waals surface area contributed by atoms with Gasteiger partial charge in [-0.2, -0.15) is 0 Å². The summed E-state index contributed by atoms with van der Waals surface area (Å²) in [7, 11) is 4.42. The van der Waals surface area contributed by atoms with Crippen molar-refractivity contribution in [2.75, 3.05) is 0 Å². The van der Waals surface area contributed by atoms with Gasteiger partial charge in [0, 0.05) is 37.7 Å². The third-order valence-corrected chi connectivity index (χ3v) is 15.3. The second-order valence-electron chi connectivity index (χ2n) is 17.6. The molecule has 0 fully saturated rings. The summed E-state index contributed by atoms with van der Waals surface area (Å²) in [5.74, 6) is 1.24. The van der Waals surface area contributed by atoms with Crippen molar-refractivity contribution in [2.24, 2.45) is 5.92 Å². The third-order valence-electron chi connectivity index (χ3n) is 14.1. The number of aromatic hydroxyl groups is 1. The first kappa shape index (κ1) is 40.7. The quantitative estimate of drug-likeness (QED) is 0.0507. The van der Waals surface area contributed by atoms with E-state index in [0.717, 1.165) is 44.4 Å². The molecule has 2 aliphatic carbocycles. The van der Waals surface area contributed by atoms with Crippen LogP contribution in [0.2, 0.25) is 0 Å². The van der Waals surface area contributed by atoms with Crippen molar-refractivity contribution in [3.63, 3.8) is 0 Å². The summed E-state index contributed by atoms with van der Waals surface area (Å²) in [4.78, 5) is 0. The summed E-state index contributed by atoms with van der Waals surface area (Å²) in [6, 6.07) is 53.5. The molecule has 0 spiro atoms. The maximum absolute atomic E-state index is 11.7. The van der Waals surface area contributed by atoms with E-state index in [2.05, 4.69) is 200 Å². The number of phenols is 1. The number of amidine groups is 1. The van der Waals surface area contributed by atoms with E-state index in [-0.39, 0.29) is 24.0 Å². The van der Waals surface area contributed by atoms with Gasteiger partial charge < -0.3 is 10.4 Å². The van der Waals surface area contributed by atoms with Crippen molar-refractivity contribution in [2.45, 2.75) is 52.2 Å². The molecule has 0 saturated heterocycles. The van der Waals surface area contributed by atoms with Crippen LogP contribution < -0.4 is 16.1 Å². The Hall–Kier alpha value is -6.40. The Morgan fingerprint density at radius 2 is 1.33 bits per heavy atom. The molecule has 1 heterocycles. The van der Waals surface area contributed by atoms with E-state index in [1.165, 1.54) is 71.0 Å². The molecule has 4 nitrogen and oxygen atoms in total. The Balaban J connectivity index is 1.02. The largest absolute Gasteiger partial charge is 0.508 e. The number of hydrogen-bond donors (Lipinski definition) is 4. The summed E-state index contributed by atoms with van der Waals surface area (Å²) >= 11 is 1.75. The number of allylic oxidation sites excluding steroid dienone is 2. The van der Waals surface area contributed by atoms with Crippen LogP contribution in [0.1, 0.15) is 60.7 Å². The molecule has 7 heteroatoms. The molecule has 0 amide bonds. The van der Waals surface area contributed by atoms with E-state index in [0.29, 0.717) is 11.6 Å². The van der Waals surface area contributed by atoms with Gasteiger partial charge in [-0.3, -0.25) is 10.7 Å². The molecule has 0 saturated carbocycles.